The molecule has 1 atom stereocenters. The lowest BCUT2D eigenvalue weighted by Crippen LogP contribution is -2.49. The van der Waals surface area contributed by atoms with Gasteiger partial charge in [0.25, 0.3) is 11.8 Å². The quantitative estimate of drug-likeness (QED) is 0.501. The maximum Gasteiger partial charge on any atom is 0.269 e. The first-order valence-electron chi connectivity index (χ1n) is 10.2. The number of thiocarbonyl (C=S) groups is 1. The van der Waals surface area contributed by atoms with Gasteiger partial charge in [-0.05, 0) is 66.8 Å². The minimum atomic E-state index is -1.11. The van der Waals surface area contributed by atoms with Gasteiger partial charge >= 0.3 is 0 Å². The summed E-state index contributed by atoms with van der Waals surface area (Å²) in [6.45, 7) is 0. The predicted molar refractivity (Wildman–Crippen MR) is 131 cm³/mol. The first-order valence-corrected chi connectivity index (χ1v) is 11.0. The number of halogens is 2. The SMILES string of the molecule is O=C(CC1C(=O)N(c2ccccc2)C(=S)N1NC(=O)c1cccc(F)c1)Nc1ccc(Cl)cc1. The van der Waals surface area contributed by atoms with Crippen LogP contribution < -0.4 is 15.6 Å². The molecule has 3 aromatic rings. The summed E-state index contributed by atoms with van der Waals surface area (Å²) in [5, 5.41) is 4.37. The second kappa shape index (κ2) is 9.98. The van der Waals surface area contributed by atoms with Crippen LogP contribution in [0.4, 0.5) is 15.8 Å². The van der Waals surface area contributed by atoms with E-state index in [4.69, 9.17) is 23.8 Å². The van der Waals surface area contributed by atoms with Gasteiger partial charge in [0.2, 0.25) is 11.0 Å². The predicted octanol–water partition coefficient (Wildman–Crippen LogP) is 4.16. The molecule has 0 radical (unpaired) electrons. The fraction of sp³-hybridized carbons (Fsp3) is 0.0833. The zero-order valence-corrected chi connectivity index (χ0v) is 19.1. The average Bonchev–Trinajstić information content (AvgIpc) is 3.05. The Balaban J connectivity index is 1.59. The highest BCUT2D eigenvalue weighted by Gasteiger charge is 2.45. The lowest BCUT2D eigenvalue weighted by Gasteiger charge is -2.24. The number of carbonyl (C=O) groups excluding carboxylic acids is 3. The van der Waals surface area contributed by atoms with Crippen molar-refractivity contribution in [2.75, 3.05) is 10.2 Å². The monoisotopic (exact) mass is 496 g/mol. The van der Waals surface area contributed by atoms with Crippen molar-refractivity contribution in [2.45, 2.75) is 12.5 Å². The normalized spacial score (nSPS) is 15.4. The van der Waals surface area contributed by atoms with Crippen LogP contribution in [0.25, 0.3) is 0 Å². The van der Waals surface area contributed by atoms with Gasteiger partial charge in [-0.15, -0.1) is 0 Å². The van der Waals surface area contributed by atoms with Gasteiger partial charge in [-0.2, -0.15) is 0 Å². The maximum atomic E-state index is 13.6. The van der Waals surface area contributed by atoms with Crippen LogP contribution in [0.5, 0.6) is 0 Å². The third-order valence-electron chi connectivity index (χ3n) is 5.04. The van der Waals surface area contributed by atoms with Gasteiger partial charge in [0.1, 0.15) is 11.9 Å². The highest BCUT2D eigenvalue weighted by molar-refractivity contribution is 7.80. The minimum absolute atomic E-state index is 0.00903. The van der Waals surface area contributed by atoms with Crippen LogP contribution in [0.15, 0.2) is 78.9 Å². The van der Waals surface area contributed by atoms with Gasteiger partial charge in [0.05, 0.1) is 12.1 Å². The number of hydrogen-bond acceptors (Lipinski definition) is 4. The van der Waals surface area contributed by atoms with Gasteiger partial charge in [-0.3, -0.25) is 24.7 Å². The van der Waals surface area contributed by atoms with E-state index in [2.05, 4.69) is 10.7 Å². The number of hydrogen-bond donors (Lipinski definition) is 2. The molecule has 0 aromatic heterocycles. The molecule has 1 unspecified atom stereocenters. The molecule has 1 fully saturated rings. The van der Waals surface area contributed by atoms with E-state index >= 15 is 0 Å². The molecule has 172 valence electrons. The van der Waals surface area contributed by atoms with E-state index in [9.17, 15) is 18.8 Å². The molecule has 10 heteroatoms. The zero-order valence-electron chi connectivity index (χ0n) is 17.6. The summed E-state index contributed by atoms with van der Waals surface area (Å²) >= 11 is 11.4. The largest absolute Gasteiger partial charge is 0.326 e. The highest BCUT2D eigenvalue weighted by atomic mass is 35.5. The molecule has 0 bridgehead atoms. The summed E-state index contributed by atoms with van der Waals surface area (Å²) < 4.78 is 13.6. The molecule has 0 aliphatic carbocycles. The summed E-state index contributed by atoms with van der Waals surface area (Å²) in [4.78, 5) is 40.1. The van der Waals surface area contributed by atoms with E-state index in [1.165, 1.54) is 28.1 Å². The van der Waals surface area contributed by atoms with Crippen molar-refractivity contribution in [1.29, 1.82) is 0 Å². The van der Waals surface area contributed by atoms with Crippen molar-refractivity contribution in [2.24, 2.45) is 0 Å². The number of benzene rings is 3. The van der Waals surface area contributed by atoms with Crippen LogP contribution in [0.2, 0.25) is 5.02 Å². The molecule has 1 aliphatic heterocycles. The van der Waals surface area contributed by atoms with Crippen LogP contribution in [0, 0.1) is 5.82 Å². The Hall–Kier alpha value is -3.82. The number of amides is 3. The number of rotatable bonds is 6. The summed E-state index contributed by atoms with van der Waals surface area (Å²) in [7, 11) is 0. The van der Waals surface area contributed by atoms with E-state index in [-0.39, 0.29) is 17.1 Å². The Morgan fingerprint density at radius 3 is 2.38 bits per heavy atom. The summed E-state index contributed by atoms with van der Waals surface area (Å²) in [6, 6.07) is 19.1. The summed E-state index contributed by atoms with van der Waals surface area (Å²) in [5.41, 5.74) is 3.58. The van der Waals surface area contributed by atoms with E-state index in [0.717, 1.165) is 6.07 Å². The molecule has 1 saturated heterocycles. The van der Waals surface area contributed by atoms with Crippen LogP contribution in [0.3, 0.4) is 0 Å². The fourth-order valence-electron chi connectivity index (χ4n) is 3.44. The van der Waals surface area contributed by atoms with Crippen LogP contribution in [-0.2, 0) is 9.59 Å². The zero-order chi connectivity index (χ0) is 24.2. The van der Waals surface area contributed by atoms with E-state index in [1.807, 2.05) is 0 Å². The smallest absolute Gasteiger partial charge is 0.269 e. The lowest BCUT2D eigenvalue weighted by molar-refractivity contribution is -0.124. The molecular formula is C24H18ClFN4O3S. The Labute approximate surface area is 205 Å². The Kier molecular flexibility index (Phi) is 6.85. The van der Waals surface area contributed by atoms with Crippen molar-refractivity contribution >= 4 is 58.0 Å². The maximum absolute atomic E-state index is 13.6. The molecule has 7 nitrogen and oxygen atoms in total. The minimum Gasteiger partial charge on any atom is -0.326 e. The first-order chi connectivity index (χ1) is 16.3. The van der Waals surface area contributed by atoms with Gasteiger partial charge in [0.15, 0.2) is 0 Å². The standard InChI is InChI=1S/C24H18ClFN4O3S/c25-16-9-11-18(12-10-16)27-21(31)14-20-23(33)29(19-7-2-1-3-8-19)24(34)30(20)28-22(32)15-5-4-6-17(26)13-15/h1-13,20H,14H2,(H,27,31)(H,28,32). The second-order valence-corrected chi connectivity index (χ2v) is 8.19. The van der Waals surface area contributed by atoms with Crippen molar-refractivity contribution in [3.05, 3.63) is 95.3 Å². The number of nitrogens with zero attached hydrogens (tertiary/aromatic N) is 2. The van der Waals surface area contributed by atoms with E-state index < -0.39 is 29.6 Å². The number of nitrogens with one attached hydrogen (secondary N) is 2. The molecule has 3 amide bonds. The van der Waals surface area contributed by atoms with Gasteiger partial charge in [-0.25, -0.2) is 9.40 Å². The van der Waals surface area contributed by atoms with Crippen molar-refractivity contribution in [1.82, 2.24) is 10.4 Å². The molecular weight excluding hydrogens is 479 g/mol. The molecule has 0 spiro atoms. The highest BCUT2D eigenvalue weighted by Crippen LogP contribution is 2.26. The molecule has 4 rings (SSSR count). The second-order valence-electron chi connectivity index (χ2n) is 7.39. The fourth-order valence-corrected chi connectivity index (χ4v) is 3.93. The molecule has 34 heavy (non-hydrogen) atoms. The third-order valence-corrected chi connectivity index (χ3v) is 5.68. The van der Waals surface area contributed by atoms with Crippen LogP contribution in [0.1, 0.15) is 16.8 Å². The topological polar surface area (TPSA) is 81.8 Å². The van der Waals surface area contributed by atoms with E-state index in [1.54, 1.807) is 54.6 Å². The van der Waals surface area contributed by atoms with Crippen molar-refractivity contribution in [3.63, 3.8) is 0 Å². The van der Waals surface area contributed by atoms with Crippen molar-refractivity contribution < 1.29 is 18.8 Å². The van der Waals surface area contributed by atoms with Gasteiger partial charge in [-0.1, -0.05) is 35.9 Å². The van der Waals surface area contributed by atoms with E-state index in [0.29, 0.717) is 16.4 Å². The van der Waals surface area contributed by atoms with Crippen LogP contribution >= 0.6 is 23.8 Å². The third kappa shape index (κ3) is 5.05. The molecule has 2 N–H and O–H groups in total. The van der Waals surface area contributed by atoms with Gasteiger partial charge < -0.3 is 5.32 Å². The Bertz CT molecular complexity index is 1260. The lowest BCUT2D eigenvalue weighted by atomic mass is 10.1. The van der Waals surface area contributed by atoms with Crippen molar-refractivity contribution in [3.8, 4) is 0 Å². The molecule has 1 aliphatic rings. The number of anilines is 2. The number of hydrazine groups is 1. The first kappa shape index (κ1) is 23.3. The average molecular weight is 497 g/mol. The molecule has 0 saturated carbocycles. The number of carbonyl (C=O) groups is 3. The molecule has 1 heterocycles. The summed E-state index contributed by atoms with van der Waals surface area (Å²) in [5.74, 6) is -2.21. The van der Waals surface area contributed by atoms with Crippen LogP contribution in [-0.4, -0.2) is 33.9 Å². The molecule has 3 aromatic carbocycles. The Morgan fingerprint density at radius 1 is 1.00 bits per heavy atom. The number of para-hydroxylation sites is 1. The van der Waals surface area contributed by atoms with Gasteiger partial charge in [0, 0.05) is 16.3 Å². The summed E-state index contributed by atoms with van der Waals surface area (Å²) in [6.07, 6.45) is -0.297. The Morgan fingerprint density at radius 2 is 1.71 bits per heavy atom.